The van der Waals surface area contributed by atoms with Crippen molar-refractivity contribution in [1.29, 1.82) is 0 Å². The van der Waals surface area contributed by atoms with Crippen molar-refractivity contribution < 1.29 is 13.9 Å². The highest BCUT2D eigenvalue weighted by Gasteiger charge is 2.34. The van der Waals surface area contributed by atoms with E-state index < -0.39 is 5.97 Å². The molecule has 1 fully saturated rings. The number of oxazole rings is 1. The summed E-state index contributed by atoms with van der Waals surface area (Å²) >= 11 is 1.53. The third-order valence-corrected chi connectivity index (χ3v) is 5.49. The molecule has 2 heterocycles. The van der Waals surface area contributed by atoms with Crippen molar-refractivity contribution in [3.8, 4) is 11.5 Å². The number of benzene rings is 2. The Labute approximate surface area is 159 Å². The molecule has 1 aliphatic rings. The number of hydrogen-bond acceptors (Lipinski definition) is 6. The Morgan fingerprint density at radius 1 is 1.07 bits per heavy atom. The van der Waals surface area contributed by atoms with Gasteiger partial charge in [0.25, 0.3) is 0 Å². The summed E-state index contributed by atoms with van der Waals surface area (Å²) in [5, 5.41) is 0.768. The lowest BCUT2D eigenvalue weighted by Crippen LogP contribution is -2.08. The minimum absolute atomic E-state index is 0.135. The monoisotopic (exact) mass is 376 g/mol. The van der Waals surface area contributed by atoms with Gasteiger partial charge in [0.05, 0.1) is 10.2 Å². The van der Waals surface area contributed by atoms with Gasteiger partial charge in [0.1, 0.15) is 17.4 Å². The zero-order valence-electron chi connectivity index (χ0n) is 14.4. The van der Waals surface area contributed by atoms with Crippen molar-refractivity contribution in [3.63, 3.8) is 0 Å². The second kappa shape index (κ2) is 6.63. The van der Waals surface area contributed by atoms with Gasteiger partial charge < -0.3 is 9.15 Å². The topological polar surface area (TPSA) is 65.2 Å². The quantitative estimate of drug-likeness (QED) is 0.449. The Bertz CT molecular complexity index is 1080. The molecule has 2 aromatic heterocycles. The van der Waals surface area contributed by atoms with E-state index in [2.05, 4.69) is 9.97 Å². The highest BCUT2D eigenvalue weighted by Crippen LogP contribution is 2.43. The Morgan fingerprint density at radius 3 is 2.63 bits per heavy atom. The van der Waals surface area contributed by atoms with E-state index in [-0.39, 0.29) is 18.2 Å². The van der Waals surface area contributed by atoms with Crippen molar-refractivity contribution in [2.24, 2.45) is 0 Å². The molecule has 134 valence electrons. The Kier molecular flexibility index (Phi) is 3.98. The number of nitrogens with zero attached hydrogens (tertiary/aromatic N) is 2. The Morgan fingerprint density at radius 2 is 1.85 bits per heavy atom. The summed E-state index contributed by atoms with van der Waals surface area (Å²) in [5.74, 6) is 0.912. The molecule has 27 heavy (non-hydrogen) atoms. The standard InChI is InChI=1S/C21H16N2O3S/c24-21(25-12-17-22-15-8-4-5-9-16(15)27-17)18-19(13-10-11-13)26-20(23-18)14-6-2-1-3-7-14/h1-9,13H,10-12H2. The number of ether oxygens (including phenoxy) is 1. The minimum atomic E-state index is -0.456. The maximum Gasteiger partial charge on any atom is 0.361 e. The maximum atomic E-state index is 12.7. The summed E-state index contributed by atoms with van der Waals surface area (Å²) < 4.78 is 12.5. The van der Waals surface area contributed by atoms with Gasteiger partial charge in [-0.2, -0.15) is 0 Å². The van der Waals surface area contributed by atoms with Crippen LogP contribution in [0, 0.1) is 0 Å². The van der Waals surface area contributed by atoms with E-state index in [1.165, 1.54) is 11.3 Å². The summed E-state index contributed by atoms with van der Waals surface area (Å²) in [5.41, 5.74) is 2.06. The molecule has 5 nitrogen and oxygen atoms in total. The van der Waals surface area contributed by atoms with Crippen LogP contribution >= 0.6 is 11.3 Å². The van der Waals surface area contributed by atoms with Crippen LogP contribution in [0.3, 0.4) is 0 Å². The molecule has 6 heteroatoms. The van der Waals surface area contributed by atoms with E-state index in [1.807, 2.05) is 54.6 Å². The molecule has 0 amide bonds. The molecule has 4 aromatic rings. The van der Waals surface area contributed by atoms with Crippen molar-refractivity contribution >= 4 is 27.5 Å². The lowest BCUT2D eigenvalue weighted by atomic mass is 10.2. The molecule has 1 saturated carbocycles. The van der Waals surface area contributed by atoms with Gasteiger partial charge in [-0.1, -0.05) is 30.3 Å². The molecule has 0 aliphatic heterocycles. The van der Waals surface area contributed by atoms with Crippen molar-refractivity contribution in [2.75, 3.05) is 0 Å². The van der Waals surface area contributed by atoms with Crippen LogP contribution in [0.25, 0.3) is 21.7 Å². The number of esters is 1. The zero-order valence-corrected chi connectivity index (χ0v) is 15.2. The van der Waals surface area contributed by atoms with Crippen molar-refractivity contribution in [3.05, 3.63) is 71.1 Å². The van der Waals surface area contributed by atoms with E-state index in [1.54, 1.807) is 0 Å². The first kappa shape index (κ1) is 16.2. The zero-order chi connectivity index (χ0) is 18.2. The Hall–Kier alpha value is -2.99. The Balaban J connectivity index is 1.38. The van der Waals surface area contributed by atoms with Crippen LogP contribution in [0.15, 0.2) is 59.0 Å². The summed E-state index contributed by atoms with van der Waals surface area (Å²) in [6, 6.07) is 17.5. The number of rotatable bonds is 5. The molecule has 0 atom stereocenters. The van der Waals surface area contributed by atoms with Crippen LogP contribution in [0.4, 0.5) is 0 Å². The highest BCUT2D eigenvalue weighted by atomic mass is 32.1. The number of aromatic nitrogens is 2. The van der Waals surface area contributed by atoms with Gasteiger partial charge >= 0.3 is 5.97 Å². The van der Waals surface area contributed by atoms with Crippen LogP contribution in [0.2, 0.25) is 0 Å². The summed E-state index contributed by atoms with van der Waals surface area (Å²) in [6.45, 7) is 0.135. The maximum absolute atomic E-state index is 12.7. The van der Waals surface area contributed by atoms with E-state index >= 15 is 0 Å². The molecule has 0 radical (unpaired) electrons. The van der Waals surface area contributed by atoms with Gasteiger partial charge in [0.2, 0.25) is 5.89 Å². The van der Waals surface area contributed by atoms with E-state index in [0.29, 0.717) is 11.7 Å². The minimum Gasteiger partial charge on any atom is -0.453 e. The number of thiazole rings is 1. The van der Waals surface area contributed by atoms with E-state index in [4.69, 9.17) is 9.15 Å². The number of hydrogen-bond donors (Lipinski definition) is 0. The second-order valence-corrected chi connectivity index (χ2v) is 7.64. The third kappa shape index (κ3) is 3.24. The van der Waals surface area contributed by atoms with Gasteiger partial charge in [-0.25, -0.2) is 14.8 Å². The average molecular weight is 376 g/mol. The molecule has 0 saturated heterocycles. The number of para-hydroxylation sites is 1. The molecule has 5 rings (SSSR count). The first-order valence-electron chi connectivity index (χ1n) is 8.85. The molecule has 0 spiro atoms. The van der Waals surface area contributed by atoms with Gasteiger partial charge in [0.15, 0.2) is 5.69 Å². The van der Waals surface area contributed by atoms with Crippen LogP contribution in [-0.2, 0) is 11.3 Å². The molecule has 0 unspecified atom stereocenters. The third-order valence-electron chi connectivity index (χ3n) is 4.48. The highest BCUT2D eigenvalue weighted by molar-refractivity contribution is 7.18. The van der Waals surface area contributed by atoms with Crippen LogP contribution < -0.4 is 0 Å². The fourth-order valence-corrected chi connectivity index (χ4v) is 3.86. The molecular formula is C21H16N2O3S. The SMILES string of the molecule is O=C(OCc1nc2ccccc2s1)c1nc(-c2ccccc2)oc1C1CC1. The molecule has 2 aromatic carbocycles. The smallest absolute Gasteiger partial charge is 0.361 e. The van der Waals surface area contributed by atoms with Crippen LogP contribution in [0.1, 0.15) is 40.0 Å². The van der Waals surface area contributed by atoms with Gasteiger partial charge in [0, 0.05) is 11.5 Å². The van der Waals surface area contributed by atoms with E-state index in [9.17, 15) is 4.79 Å². The number of fused-ring (bicyclic) bond motifs is 1. The van der Waals surface area contributed by atoms with Crippen molar-refractivity contribution in [2.45, 2.75) is 25.4 Å². The molecular weight excluding hydrogens is 360 g/mol. The molecule has 0 bridgehead atoms. The van der Waals surface area contributed by atoms with Gasteiger partial charge in [-0.05, 0) is 37.1 Å². The summed E-state index contributed by atoms with van der Waals surface area (Å²) in [7, 11) is 0. The van der Waals surface area contributed by atoms with Crippen LogP contribution in [-0.4, -0.2) is 15.9 Å². The first-order chi connectivity index (χ1) is 13.3. The fraction of sp³-hybridized carbons (Fsp3) is 0.190. The fourth-order valence-electron chi connectivity index (χ4n) is 2.98. The summed E-state index contributed by atoms with van der Waals surface area (Å²) in [6.07, 6.45) is 2.03. The number of carbonyl (C=O) groups is 1. The second-order valence-electron chi connectivity index (χ2n) is 6.52. The normalized spacial score (nSPS) is 13.8. The lowest BCUT2D eigenvalue weighted by molar-refractivity contribution is 0.0463. The van der Waals surface area contributed by atoms with E-state index in [0.717, 1.165) is 33.6 Å². The first-order valence-corrected chi connectivity index (χ1v) is 9.67. The molecule has 1 aliphatic carbocycles. The molecule has 0 N–H and O–H groups in total. The van der Waals surface area contributed by atoms with Crippen LogP contribution in [0.5, 0.6) is 0 Å². The predicted molar refractivity (Wildman–Crippen MR) is 103 cm³/mol. The van der Waals surface area contributed by atoms with Gasteiger partial charge in [-0.3, -0.25) is 0 Å². The lowest BCUT2D eigenvalue weighted by Gasteiger charge is -2.01. The van der Waals surface area contributed by atoms with Gasteiger partial charge in [-0.15, -0.1) is 11.3 Å². The summed E-state index contributed by atoms with van der Waals surface area (Å²) in [4.78, 5) is 21.6. The largest absolute Gasteiger partial charge is 0.453 e. The van der Waals surface area contributed by atoms with Crippen molar-refractivity contribution in [1.82, 2.24) is 9.97 Å². The number of carbonyl (C=O) groups excluding carboxylic acids is 1. The predicted octanol–water partition coefficient (Wildman–Crippen LogP) is 5.19. The average Bonchev–Trinajstić information content (AvgIpc) is 3.31.